The molecule has 1 saturated heterocycles. The topological polar surface area (TPSA) is 55.6 Å². The van der Waals surface area contributed by atoms with Gasteiger partial charge < -0.3 is 9.15 Å². The van der Waals surface area contributed by atoms with Crippen LogP contribution in [0.4, 0.5) is 9.18 Å². The van der Waals surface area contributed by atoms with E-state index < -0.39 is 23.9 Å². The first-order valence-corrected chi connectivity index (χ1v) is 6.41. The highest BCUT2D eigenvalue weighted by Crippen LogP contribution is 2.33. The number of amides is 1. The maximum atomic E-state index is 14.1. The Morgan fingerprint density at radius 1 is 1.58 bits per heavy atom. The van der Waals surface area contributed by atoms with E-state index in [9.17, 15) is 9.18 Å². The highest BCUT2D eigenvalue weighted by atomic mass is 19.1. The van der Waals surface area contributed by atoms with Gasteiger partial charge in [-0.05, 0) is 33.6 Å². The van der Waals surface area contributed by atoms with Gasteiger partial charge in [0.25, 0.3) is 0 Å². The van der Waals surface area contributed by atoms with Crippen LogP contribution in [-0.4, -0.2) is 34.3 Å². The molecular formula is C13H19FN2O3. The number of alkyl halides is 1. The van der Waals surface area contributed by atoms with Crippen LogP contribution in [-0.2, 0) is 4.74 Å². The standard InChI is InChI=1S/C13H19FN2O3/c1-13(2,3)19-12(17)16-7-4-5-9(14)10(16)11-15-6-8-18-11/h6,8-10H,4-5,7H2,1-3H3. The number of ether oxygens (including phenoxy) is 1. The van der Waals surface area contributed by atoms with Gasteiger partial charge in [-0.1, -0.05) is 0 Å². The van der Waals surface area contributed by atoms with Crippen molar-refractivity contribution in [1.29, 1.82) is 0 Å². The van der Waals surface area contributed by atoms with Gasteiger partial charge in [-0.2, -0.15) is 0 Å². The third-order valence-corrected chi connectivity index (χ3v) is 2.89. The lowest BCUT2D eigenvalue weighted by Gasteiger charge is -2.36. The maximum Gasteiger partial charge on any atom is 0.411 e. The molecule has 1 fully saturated rings. The quantitative estimate of drug-likeness (QED) is 0.787. The molecule has 0 radical (unpaired) electrons. The molecule has 2 unspecified atom stereocenters. The largest absolute Gasteiger partial charge is 0.447 e. The fourth-order valence-corrected chi connectivity index (χ4v) is 2.14. The predicted molar refractivity (Wildman–Crippen MR) is 66.3 cm³/mol. The number of carbonyl (C=O) groups excluding carboxylic acids is 1. The molecule has 1 aromatic heterocycles. The lowest BCUT2D eigenvalue weighted by atomic mass is 10.0. The summed E-state index contributed by atoms with van der Waals surface area (Å²) < 4.78 is 24.6. The second kappa shape index (κ2) is 5.19. The second-order valence-electron chi connectivity index (χ2n) is 5.65. The van der Waals surface area contributed by atoms with Crippen molar-refractivity contribution in [2.45, 2.75) is 51.4 Å². The summed E-state index contributed by atoms with van der Waals surface area (Å²) in [4.78, 5) is 17.5. The molecule has 0 aromatic carbocycles. The number of likely N-dealkylation sites (tertiary alicyclic amines) is 1. The molecule has 2 rings (SSSR count). The Balaban J connectivity index is 2.19. The Morgan fingerprint density at radius 3 is 2.89 bits per heavy atom. The summed E-state index contributed by atoms with van der Waals surface area (Å²) in [5.41, 5.74) is -0.610. The maximum absolute atomic E-state index is 14.1. The van der Waals surface area contributed by atoms with Crippen molar-refractivity contribution in [3.8, 4) is 0 Å². The summed E-state index contributed by atoms with van der Waals surface area (Å²) in [6, 6.07) is -0.793. The van der Waals surface area contributed by atoms with Crippen molar-refractivity contribution in [2.75, 3.05) is 6.54 Å². The first-order valence-electron chi connectivity index (χ1n) is 6.41. The molecule has 0 aliphatic carbocycles. The van der Waals surface area contributed by atoms with Gasteiger partial charge in [-0.3, -0.25) is 4.90 Å². The number of aromatic nitrogens is 1. The molecule has 1 aromatic rings. The van der Waals surface area contributed by atoms with Crippen LogP contribution in [0.15, 0.2) is 16.9 Å². The number of piperidine rings is 1. The van der Waals surface area contributed by atoms with Crippen LogP contribution >= 0.6 is 0 Å². The van der Waals surface area contributed by atoms with Gasteiger partial charge in [-0.15, -0.1) is 0 Å². The molecule has 0 saturated carbocycles. The first-order chi connectivity index (χ1) is 8.88. The van der Waals surface area contributed by atoms with Crippen LogP contribution in [0.3, 0.4) is 0 Å². The molecule has 0 bridgehead atoms. The van der Waals surface area contributed by atoms with E-state index in [1.54, 1.807) is 20.8 Å². The van der Waals surface area contributed by atoms with E-state index in [1.165, 1.54) is 17.4 Å². The zero-order valence-corrected chi connectivity index (χ0v) is 11.4. The SMILES string of the molecule is CC(C)(C)OC(=O)N1CCCC(F)C1c1ncco1. The number of nitrogens with zero attached hydrogens (tertiary/aromatic N) is 2. The summed E-state index contributed by atoms with van der Waals surface area (Å²) in [7, 11) is 0. The third-order valence-electron chi connectivity index (χ3n) is 2.89. The van der Waals surface area contributed by atoms with Gasteiger partial charge in [0.2, 0.25) is 5.89 Å². The zero-order valence-electron chi connectivity index (χ0n) is 11.4. The molecule has 0 N–H and O–H groups in total. The molecular weight excluding hydrogens is 251 g/mol. The third kappa shape index (κ3) is 3.24. The normalized spacial score (nSPS) is 24.3. The number of rotatable bonds is 1. The van der Waals surface area contributed by atoms with Crippen molar-refractivity contribution in [1.82, 2.24) is 9.88 Å². The number of carbonyl (C=O) groups is 1. The average molecular weight is 270 g/mol. The molecule has 2 atom stereocenters. The highest BCUT2D eigenvalue weighted by molar-refractivity contribution is 5.69. The van der Waals surface area contributed by atoms with Gasteiger partial charge in [0.05, 0.1) is 6.20 Å². The van der Waals surface area contributed by atoms with E-state index in [0.29, 0.717) is 19.4 Å². The van der Waals surface area contributed by atoms with Crippen LogP contribution in [0.5, 0.6) is 0 Å². The summed E-state index contributed by atoms with van der Waals surface area (Å²) in [6.45, 7) is 5.79. The van der Waals surface area contributed by atoms with E-state index in [2.05, 4.69) is 4.98 Å². The van der Waals surface area contributed by atoms with Crippen LogP contribution < -0.4 is 0 Å². The number of oxazole rings is 1. The Kier molecular flexibility index (Phi) is 3.78. The summed E-state index contributed by atoms with van der Waals surface area (Å²) in [6.07, 6.45) is 2.12. The highest BCUT2D eigenvalue weighted by Gasteiger charge is 2.40. The molecule has 5 nitrogen and oxygen atoms in total. The van der Waals surface area contributed by atoms with E-state index in [1.807, 2.05) is 0 Å². The monoisotopic (exact) mass is 270 g/mol. The molecule has 1 amide bonds. The van der Waals surface area contributed by atoms with Crippen LogP contribution in [0, 0.1) is 0 Å². The minimum absolute atomic E-state index is 0.220. The van der Waals surface area contributed by atoms with E-state index >= 15 is 0 Å². The fraction of sp³-hybridized carbons (Fsp3) is 0.692. The molecule has 1 aliphatic rings. The van der Waals surface area contributed by atoms with Crippen molar-refractivity contribution < 1.29 is 18.3 Å². The first kappa shape index (κ1) is 13.8. The summed E-state index contributed by atoms with van der Waals surface area (Å²) >= 11 is 0. The number of hydrogen-bond acceptors (Lipinski definition) is 4. The van der Waals surface area contributed by atoms with Gasteiger partial charge in [-0.25, -0.2) is 14.2 Å². The van der Waals surface area contributed by atoms with Crippen molar-refractivity contribution in [3.05, 3.63) is 18.4 Å². The Hall–Kier alpha value is -1.59. The second-order valence-corrected chi connectivity index (χ2v) is 5.65. The Labute approximate surface area is 111 Å². The van der Waals surface area contributed by atoms with E-state index in [4.69, 9.17) is 9.15 Å². The fourth-order valence-electron chi connectivity index (χ4n) is 2.14. The molecule has 2 heterocycles. The summed E-state index contributed by atoms with van der Waals surface area (Å²) in [5, 5.41) is 0. The summed E-state index contributed by atoms with van der Waals surface area (Å²) in [5.74, 6) is 0.220. The van der Waals surface area contributed by atoms with Crippen molar-refractivity contribution in [2.24, 2.45) is 0 Å². The zero-order chi connectivity index (χ0) is 14.0. The van der Waals surface area contributed by atoms with Gasteiger partial charge in [0.1, 0.15) is 24.1 Å². The van der Waals surface area contributed by atoms with Gasteiger partial charge >= 0.3 is 6.09 Å². The average Bonchev–Trinajstić information content (AvgIpc) is 2.79. The minimum atomic E-state index is -1.18. The Bertz CT molecular complexity index is 428. The predicted octanol–water partition coefficient (Wildman–Crippen LogP) is 3.08. The van der Waals surface area contributed by atoms with Gasteiger partial charge in [0.15, 0.2) is 0 Å². The smallest absolute Gasteiger partial charge is 0.411 e. The number of hydrogen-bond donors (Lipinski definition) is 0. The van der Waals surface area contributed by atoms with E-state index in [-0.39, 0.29) is 5.89 Å². The van der Waals surface area contributed by atoms with Crippen LogP contribution in [0.1, 0.15) is 45.5 Å². The van der Waals surface area contributed by atoms with Crippen molar-refractivity contribution >= 4 is 6.09 Å². The lowest BCUT2D eigenvalue weighted by Crippen LogP contribution is -2.46. The molecule has 106 valence electrons. The molecule has 1 aliphatic heterocycles. The lowest BCUT2D eigenvalue weighted by molar-refractivity contribution is -0.0111. The van der Waals surface area contributed by atoms with E-state index in [0.717, 1.165) is 0 Å². The van der Waals surface area contributed by atoms with Crippen molar-refractivity contribution in [3.63, 3.8) is 0 Å². The minimum Gasteiger partial charge on any atom is -0.447 e. The molecule has 19 heavy (non-hydrogen) atoms. The molecule has 0 spiro atoms. The number of halogens is 1. The van der Waals surface area contributed by atoms with Crippen LogP contribution in [0.25, 0.3) is 0 Å². The van der Waals surface area contributed by atoms with Crippen LogP contribution in [0.2, 0.25) is 0 Å². The van der Waals surface area contributed by atoms with Gasteiger partial charge in [0, 0.05) is 6.54 Å². The Morgan fingerprint density at radius 2 is 2.32 bits per heavy atom. The molecule has 6 heteroatoms.